The van der Waals surface area contributed by atoms with Gasteiger partial charge in [0.05, 0.1) is 18.1 Å². The number of hydrogen-bond acceptors (Lipinski definition) is 4. The Kier molecular flexibility index (Phi) is 4.32. The highest BCUT2D eigenvalue weighted by Crippen LogP contribution is 2.29. The van der Waals surface area contributed by atoms with Crippen molar-refractivity contribution in [2.75, 3.05) is 12.4 Å². The molecule has 2 rings (SSSR count). The van der Waals surface area contributed by atoms with Crippen LogP contribution in [0.15, 0.2) is 36.4 Å². The summed E-state index contributed by atoms with van der Waals surface area (Å²) in [6.45, 7) is -0.203. The summed E-state index contributed by atoms with van der Waals surface area (Å²) in [5.41, 5.74) is -0.253. The predicted molar refractivity (Wildman–Crippen MR) is 73.3 cm³/mol. The molecule has 0 heterocycles. The molecule has 0 aliphatic carbocycles. The third kappa shape index (κ3) is 3.25. The molecular formula is C14H12F2N2O3. The fourth-order valence-corrected chi connectivity index (χ4v) is 1.82. The second kappa shape index (κ2) is 6.17. The van der Waals surface area contributed by atoms with Gasteiger partial charge in [-0.2, -0.15) is 0 Å². The van der Waals surface area contributed by atoms with E-state index < -0.39 is 16.6 Å². The van der Waals surface area contributed by atoms with Crippen molar-refractivity contribution < 1.29 is 18.4 Å². The predicted octanol–water partition coefficient (Wildman–Crippen LogP) is 3.49. The van der Waals surface area contributed by atoms with Gasteiger partial charge in [-0.3, -0.25) is 10.1 Å². The first-order chi connectivity index (χ1) is 10.0. The van der Waals surface area contributed by atoms with Crippen molar-refractivity contribution in [3.63, 3.8) is 0 Å². The van der Waals surface area contributed by atoms with Gasteiger partial charge in [-0.25, -0.2) is 8.78 Å². The van der Waals surface area contributed by atoms with Crippen LogP contribution in [0.1, 0.15) is 5.56 Å². The monoisotopic (exact) mass is 294 g/mol. The number of nitrogens with zero attached hydrogens (tertiary/aromatic N) is 1. The molecule has 0 spiro atoms. The van der Waals surface area contributed by atoms with E-state index in [1.54, 1.807) is 0 Å². The highest BCUT2D eigenvalue weighted by molar-refractivity contribution is 5.64. The first-order valence-electron chi connectivity index (χ1n) is 6.02. The highest BCUT2D eigenvalue weighted by Gasteiger charge is 2.16. The number of nitrogens with one attached hydrogen (secondary N) is 1. The maximum atomic E-state index is 13.5. The molecule has 110 valence electrons. The van der Waals surface area contributed by atoms with Crippen LogP contribution >= 0.6 is 0 Å². The fraction of sp³-hybridized carbons (Fsp3) is 0.143. The number of rotatable bonds is 5. The molecule has 21 heavy (non-hydrogen) atoms. The van der Waals surface area contributed by atoms with E-state index in [9.17, 15) is 18.9 Å². The van der Waals surface area contributed by atoms with Gasteiger partial charge in [-0.05, 0) is 24.3 Å². The van der Waals surface area contributed by atoms with Crippen molar-refractivity contribution in [2.45, 2.75) is 6.54 Å². The molecule has 2 aromatic rings. The second-order valence-electron chi connectivity index (χ2n) is 4.19. The van der Waals surface area contributed by atoms with Gasteiger partial charge in [0.2, 0.25) is 0 Å². The summed E-state index contributed by atoms with van der Waals surface area (Å²) in [7, 11) is 1.39. The van der Waals surface area contributed by atoms with E-state index in [1.165, 1.54) is 31.4 Å². The van der Waals surface area contributed by atoms with Gasteiger partial charge in [0.15, 0.2) is 0 Å². The van der Waals surface area contributed by atoms with Gasteiger partial charge >= 0.3 is 0 Å². The fourth-order valence-electron chi connectivity index (χ4n) is 1.82. The molecular weight excluding hydrogens is 282 g/mol. The maximum Gasteiger partial charge on any atom is 0.296 e. The molecule has 5 nitrogen and oxygen atoms in total. The lowest BCUT2D eigenvalue weighted by molar-refractivity contribution is -0.384. The van der Waals surface area contributed by atoms with Gasteiger partial charge in [0, 0.05) is 12.1 Å². The Hall–Kier alpha value is -2.70. The van der Waals surface area contributed by atoms with E-state index in [2.05, 4.69) is 5.32 Å². The molecule has 0 radical (unpaired) electrons. The summed E-state index contributed by atoms with van der Waals surface area (Å²) in [4.78, 5) is 10.4. The van der Waals surface area contributed by atoms with Crippen molar-refractivity contribution in [1.82, 2.24) is 0 Å². The van der Waals surface area contributed by atoms with E-state index in [0.717, 1.165) is 12.1 Å². The molecule has 0 fully saturated rings. The molecule has 0 atom stereocenters. The number of methoxy groups -OCH3 is 1. The Balaban J connectivity index is 2.26. The van der Waals surface area contributed by atoms with Crippen LogP contribution in [0.3, 0.4) is 0 Å². The van der Waals surface area contributed by atoms with E-state index in [-0.39, 0.29) is 23.5 Å². The molecule has 0 saturated carbocycles. The molecule has 0 saturated heterocycles. The third-order valence-corrected chi connectivity index (χ3v) is 2.92. The average molecular weight is 294 g/mol. The highest BCUT2D eigenvalue weighted by atomic mass is 19.1. The van der Waals surface area contributed by atoms with E-state index in [4.69, 9.17) is 4.74 Å². The summed E-state index contributed by atoms with van der Waals surface area (Å²) in [5.74, 6) is -1.10. The van der Waals surface area contributed by atoms with Crippen LogP contribution in [-0.2, 0) is 6.54 Å². The summed E-state index contributed by atoms with van der Waals surface area (Å²) in [6.07, 6.45) is 0. The Morgan fingerprint density at radius 2 is 1.90 bits per heavy atom. The summed E-state index contributed by atoms with van der Waals surface area (Å²) in [5, 5.41) is 13.7. The van der Waals surface area contributed by atoms with Gasteiger partial charge in [0.1, 0.15) is 23.1 Å². The summed E-state index contributed by atoms with van der Waals surface area (Å²) in [6, 6.07) is 7.69. The number of nitro groups is 1. The minimum absolute atomic E-state index is 0.156. The van der Waals surface area contributed by atoms with Crippen molar-refractivity contribution in [3.05, 3.63) is 63.7 Å². The zero-order valence-corrected chi connectivity index (χ0v) is 11.1. The van der Waals surface area contributed by atoms with Crippen molar-refractivity contribution >= 4 is 11.4 Å². The zero-order valence-electron chi connectivity index (χ0n) is 11.1. The number of anilines is 1. The quantitative estimate of drug-likeness (QED) is 0.677. The molecule has 1 N–H and O–H groups in total. The molecule has 0 amide bonds. The zero-order chi connectivity index (χ0) is 15.4. The Morgan fingerprint density at radius 1 is 1.24 bits per heavy atom. The minimum Gasteiger partial charge on any atom is -0.496 e. The first kappa shape index (κ1) is 14.7. The van der Waals surface area contributed by atoms with Crippen molar-refractivity contribution in [1.29, 1.82) is 0 Å². The van der Waals surface area contributed by atoms with Crippen LogP contribution in [0.4, 0.5) is 20.2 Å². The average Bonchev–Trinajstić information content (AvgIpc) is 2.46. The number of halogens is 2. The van der Waals surface area contributed by atoms with E-state index in [0.29, 0.717) is 5.75 Å². The topological polar surface area (TPSA) is 64.4 Å². The largest absolute Gasteiger partial charge is 0.496 e. The van der Waals surface area contributed by atoms with Gasteiger partial charge in [-0.1, -0.05) is 6.07 Å². The second-order valence-corrected chi connectivity index (χ2v) is 4.19. The summed E-state index contributed by atoms with van der Waals surface area (Å²) >= 11 is 0. The molecule has 0 unspecified atom stereocenters. The SMILES string of the molecule is COc1ccc(NCc2c(F)cccc2F)c([N+](=O)[O-])c1. The van der Waals surface area contributed by atoms with E-state index >= 15 is 0 Å². The molecule has 0 aliphatic rings. The van der Waals surface area contributed by atoms with E-state index in [1.807, 2.05) is 0 Å². The molecule has 0 bridgehead atoms. The van der Waals surface area contributed by atoms with Crippen LogP contribution in [0.2, 0.25) is 0 Å². The number of benzene rings is 2. The Labute approximate surface area is 119 Å². The molecule has 2 aromatic carbocycles. The third-order valence-electron chi connectivity index (χ3n) is 2.92. The molecule has 0 aromatic heterocycles. The first-order valence-corrected chi connectivity index (χ1v) is 6.02. The lowest BCUT2D eigenvalue weighted by Gasteiger charge is -2.09. The number of ether oxygens (including phenoxy) is 1. The molecule has 0 aliphatic heterocycles. The maximum absolute atomic E-state index is 13.5. The minimum atomic E-state index is -0.710. The van der Waals surface area contributed by atoms with Crippen LogP contribution in [0, 0.1) is 21.7 Å². The number of hydrogen-bond donors (Lipinski definition) is 1. The summed E-state index contributed by atoms with van der Waals surface area (Å²) < 4.78 is 31.9. The van der Waals surface area contributed by atoms with Crippen LogP contribution < -0.4 is 10.1 Å². The molecule has 7 heteroatoms. The Morgan fingerprint density at radius 3 is 2.48 bits per heavy atom. The van der Waals surface area contributed by atoms with Gasteiger partial charge in [-0.15, -0.1) is 0 Å². The number of nitro benzene ring substituents is 1. The van der Waals surface area contributed by atoms with Gasteiger partial charge in [0.25, 0.3) is 5.69 Å². The smallest absolute Gasteiger partial charge is 0.296 e. The van der Waals surface area contributed by atoms with Gasteiger partial charge < -0.3 is 10.1 Å². The lowest BCUT2D eigenvalue weighted by Crippen LogP contribution is -2.06. The van der Waals surface area contributed by atoms with Crippen LogP contribution in [0.25, 0.3) is 0 Å². The van der Waals surface area contributed by atoms with Crippen molar-refractivity contribution in [2.24, 2.45) is 0 Å². The normalized spacial score (nSPS) is 10.2. The van der Waals surface area contributed by atoms with Crippen LogP contribution in [-0.4, -0.2) is 12.0 Å². The Bertz CT molecular complexity index is 657. The standard InChI is InChI=1S/C14H12F2N2O3/c1-21-9-5-6-13(14(7-9)18(19)20)17-8-10-11(15)3-2-4-12(10)16/h2-7,17H,8H2,1H3. The van der Waals surface area contributed by atoms with Crippen molar-refractivity contribution in [3.8, 4) is 5.75 Å². The van der Waals surface area contributed by atoms with Crippen LogP contribution in [0.5, 0.6) is 5.75 Å². The lowest BCUT2D eigenvalue weighted by atomic mass is 10.2.